The van der Waals surface area contributed by atoms with Crippen LogP contribution >= 0.6 is 15.9 Å². The van der Waals surface area contributed by atoms with Gasteiger partial charge in [-0.2, -0.15) is 0 Å². The van der Waals surface area contributed by atoms with Crippen molar-refractivity contribution in [1.82, 2.24) is 10.2 Å². The number of carbonyl (C=O) groups excluding carboxylic acids is 1. The Hall–Kier alpha value is -0.910. The number of amides is 1. The highest BCUT2D eigenvalue weighted by Gasteiger charge is 2.35. The van der Waals surface area contributed by atoms with Crippen LogP contribution in [0.25, 0.3) is 0 Å². The third-order valence-electron chi connectivity index (χ3n) is 3.80. The van der Waals surface area contributed by atoms with Crippen LogP contribution < -0.4 is 11.1 Å². The lowest BCUT2D eigenvalue weighted by atomic mass is 9.95. The SMILES string of the molecule is CCC1C(=O)NCCN1C(c1cccc(Br)c1)C(C)N. The summed E-state index contributed by atoms with van der Waals surface area (Å²) < 4.78 is 1.04. The van der Waals surface area contributed by atoms with E-state index in [1.54, 1.807) is 0 Å². The molecule has 0 saturated carbocycles. The normalized spacial score (nSPS) is 23.2. The van der Waals surface area contributed by atoms with Crippen LogP contribution in [-0.4, -0.2) is 36.0 Å². The van der Waals surface area contributed by atoms with Gasteiger partial charge >= 0.3 is 0 Å². The average molecular weight is 340 g/mol. The van der Waals surface area contributed by atoms with E-state index in [0.717, 1.165) is 23.0 Å². The van der Waals surface area contributed by atoms with Crippen LogP contribution in [0.4, 0.5) is 0 Å². The van der Waals surface area contributed by atoms with Gasteiger partial charge in [-0.05, 0) is 31.0 Å². The fourth-order valence-corrected chi connectivity index (χ4v) is 3.39. The minimum absolute atomic E-state index is 0.0377. The van der Waals surface area contributed by atoms with Gasteiger partial charge in [-0.25, -0.2) is 0 Å². The Morgan fingerprint density at radius 1 is 1.55 bits per heavy atom. The van der Waals surface area contributed by atoms with E-state index >= 15 is 0 Å². The quantitative estimate of drug-likeness (QED) is 0.882. The zero-order valence-corrected chi connectivity index (χ0v) is 13.6. The fraction of sp³-hybridized carbons (Fsp3) is 0.533. The minimum Gasteiger partial charge on any atom is -0.353 e. The summed E-state index contributed by atoms with van der Waals surface area (Å²) in [6.45, 7) is 5.57. The molecule has 1 aliphatic heterocycles. The Kier molecular flexibility index (Phi) is 5.18. The molecule has 4 nitrogen and oxygen atoms in total. The van der Waals surface area contributed by atoms with E-state index < -0.39 is 0 Å². The maximum Gasteiger partial charge on any atom is 0.237 e. The molecule has 0 radical (unpaired) electrons. The van der Waals surface area contributed by atoms with Crippen molar-refractivity contribution in [3.63, 3.8) is 0 Å². The van der Waals surface area contributed by atoms with Crippen molar-refractivity contribution in [3.05, 3.63) is 34.3 Å². The van der Waals surface area contributed by atoms with Crippen molar-refractivity contribution in [2.24, 2.45) is 5.73 Å². The highest BCUT2D eigenvalue weighted by molar-refractivity contribution is 9.10. The summed E-state index contributed by atoms with van der Waals surface area (Å²) in [7, 11) is 0. The third-order valence-corrected chi connectivity index (χ3v) is 4.30. The van der Waals surface area contributed by atoms with Crippen LogP contribution in [0, 0.1) is 0 Å². The summed E-state index contributed by atoms with van der Waals surface area (Å²) in [5, 5.41) is 2.94. The lowest BCUT2D eigenvalue weighted by Gasteiger charge is -2.42. The second-order valence-electron chi connectivity index (χ2n) is 5.31. The second kappa shape index (κ2) is 6.70. The van der Waals surface area contributed by atoms with Crippen LogP contribution in [0.5, 0.6) is 0 Å². The summed E-state index contributed by atoms with van der Waals surface area (Å²) in [6.07, 6.45) is 0.795. The summed E-state index contributed by atoms with van der Waals surface area (Å²) in [5.41, 5.74) is 7.38. The molecule has 110 valence electrons. The van der Waals surface area contributed by atoms with Gasteiger partial charge in [-0.3, -0.25) is 9.69 Å². The number of carbonyl (C=O) groups is 1. The van der Waals surface area contributed by atoms with Crippen LogP contribution in [0.3, 0.4) is 0 Å². The van der Waals surface area contributed by atoms with E-state index in [9.17, 15) is 4.79 Å². The first kappa shape index (κ1) is 15.5. The Morgan fingerprint density at radius 3 is 2.90 bits per heavy atom. The first-order valence-corrected chi connectivity index (χ1v) is 7.88. The predicted molar refractivity (Wildman–Crippen MR) is 84.3 cm³/mol. The molecule has 1 aliphatic rings. The van der Waals surface area contributed by atoms with Gasteiger partial charge in [0, 0.05) is 23.6 Å². The molecule has 1 aromatic rings. The number of benzene rings is 1. The molecule has 1 heterocycles. The topological polar surface area (TPSA) is 58.4 Å². The van der Waals surface area contributed by atoms with Gasteiger partial charge in [0.1, 0.15) is 0 Å². The van der Waals surface area contributed by atoms with Crippen molar-refractivity contribution in [3.8, 4) is 0 Å². The molecular weight excluding hydrogens is 318 g/mol. The monoisotopic (exact) mass is 339 g/mol. The van der Waals surface area contributed by atoms with Crippen molar-refractivity contribution < 1.29 is 4.79 Å². The molecule has 1 fully saturated rings. The van der Waals surface area contributed by atoms with Crippen LogP contribution in [0.2, 0.25) is 0 Å². The largest absolute Gasteiger partial charge is 0.353 e. The summed E-state index contributed by atoms with van der Waals surface area (Å²) in [6, 6.07) is 8.11. The number of halogens is 1. The molecule has 0 aromatic heterocycles. The third kappa shape index (κ3) is 3.22. The van der Waals surface area contributed by atoms with E-state index in [1.807, 2.05) is 26.0 Å². The highest BCUT2D eigenvalue weighted by Crippen LogP contribution is 2.29. The van der Waals surface area contributed by atoms with Gasteiger partial charge in [-0.15, -0.1) is 0 Å². The number of rotatable bonds is 4. The number of nitrogens with one attached hydrogen (secondary N) is 1. The molecule has 1 amide bonds. The van der Waals surface area contributed by atoms with Gasteiger partial charge in [0.15, 0.2) is 0 Å². The lowest BCUT2D eigenvalue weighted by molar-refractivity contribution is -0.130. The number of nitrogens with two attached hydrogens (primary N) is 1. The molecule has 3 unspecified atom stereocenters. The fourth-order valence-electron chi connectivity index (χ4n) is 2.97. The van der Waals surface area contributed by atoms with Gasteiger partial charge < -0.3 is 11.1 Å². The standard InChI is InChI=1S/C15H22BrN3O/c1-3-13-15(20)18-7-8-19(13)14(10(2)17)11-5-4-6-12(16)9-11/h4-6,9-10,13-14H,3,7-8,17H2,1-2H3,(H,18,20). The second-order valence-corrected chi connectivity index (χ2v) is 6.23. The maximum absolute atomic E-state index is 12.1. The maximum atomic E-state index is 12.1. The van der Waals surface area contributed by atoms with Gasteiger partial charge in [0.25, 0.3) is 0 Å². The van der Waals surface area contributed by atoms with E-state index in [2.05, 4.69) is 38.3 Å². The Bertz CT molecular complexity index is 478. The Labute approximate surface area is 128 Å². The van der Waals surface area contributed by atoms with E-state index in [0.29, 0.717) is 6.54 Å². The lowest BCUT2D eigenvalue weighted by Crippen LogP contribution is -2.58. The molecule has 0 aliphatic carbocycles. The summed E-state index contributed by atoms with van der Waals surface area (Å²) >= 11 is 3.51. The smallest absolute Gasteiger partial charge is 0.237 e. The highest BCUT2D eigenvalue weighted by atomic mass is 79.9. The number of nitrogens with zero attached hydrogens (tertiary/aromatic N) is 1. The van der Waals surface area contributed by atoms with Crippen LogP contribution in [0.1, 0.15) is 31.9 Å². The molecule has 2 rings (SSSR count). The van der Waals surface area contributed by atoms with Gasteiger partial charge in [0.05, 0.1) is 12.1 Å². The van der Waals surface area contributed by atoms with Crippen molar-refractivity contribution in [2.75, 3.05) is 13.1 Å². The van der Waals surface area contributed by atoms with Gasteiger partial charge in [-0.1, -0.05) is 35.0 Å². The predicted octanol–water partition coefficient (Wildman–Crippen LogP) is 2.05. The van der Waals surface area contributed by atoms with E-state index in [4.69, 9.17) is 5.73 Å². The molecule has 3 atom stereocenters. The molecule has 1 saturated heterocycles. The van der Waals surface area contributed by atoms with Crippen molar-refractivity contribution in [2.45, 2.75) is 38.4 Å². The first-order valence-electron chi connectivity index (χ1n) is 7.09. The van der Waals surface area contributed by atoms with E-state index in [-0.39, 0.29) is 24.0 Å². The molecule has 0 bridgehead atoms. The molecule has 0 spiro atoms. The Balaban J connectivity index is 2.34. The zero-order chi connectivity index (χ0) is 14.7. The van der Waals surface area contributed by atoms with Gasteiger partial charge in [0.2, 0.25) is 5.91 Å². The molecular formula is C15H22BrN3O. The van der Waals surface area contributed by atoms with Crippen molar-refractivity contribution in [1.29, 1.82) is 0 Å². The van der Waals surface area contributed by atoms with E-state index in [1.165, 1.54) is 0 Å². The van der Waals surface area contributed by atoms with Crippen molar-refractivity contribution >= 4 is 21.8 Å². The minimum atomic E-state index is -0.0984. The number of hydrogen-bond acceptors (Lipinski definition) is 3. The molecule has 1 aromatic carbocycles. The van der Waals surface area contributed by atoms with Crippen LogP contribution in [0.15, 0.2) is 28.7 Å². The zero-order valence-electron chi connectivity index (χ0n) is 12.0. The Morgan fingerprint density at radius 2 is 2.30 bits per heavy atom. The average Bonchev–Trinajstić information content (AvgIpc) is 2.39. The molecule has 20 heavy (non-hydrogen) atoms. The van der Waals surface area contributed by atoms with Crippen LogP contribution in [-0.2, 0) is 4.79 Å². The summed E-state index contributed by atoms with van der Waals surface area (Å²) in [5.74, 6) is 0.111. The molecule has 5 heteroatoms. The summed E-state index contributed by atoms with van der Waals surface area (Å²) in [4.78, 5) is 14.3. The first-order chi connectivity index (χ1) is 9.54. The molecule has 3 N–H and O–H groups in total. The number of piperazine rings is 1. The number of hydrogen-bond donors (Lipinski definition) is 2.